The molecule has 6 nitrogen and oxygen atoms in total. The molecule has 0 unspecified atom stereocenters. The molecule has 0 fully saturated rings. The normalized spacial score (nSPS) is 13.4. The van der Waals surface area contributed by atoms with E-state index in [2.05, 4.69) is 4.98 Å². The van der Waals surface area contributed by atoms with E-state index in [9.17, 15) is 14.0 Å². The van der Waals surface area contributed by atoms with E-state index >= 15 is 0 Å². The molecular weight excluding hydrogens is 359 g/mol. The van der Waals surface area contributed by atoms with Gasteiger partial charge in [0, 0.05) is 43.8 Å². The third kappa shape index (κ3) is 2.51. The fourth-order valence-corrected chi connectivity index (χ4v) is 3.98. The number of carbonyl (C=O) groups is 1. The minimum absolute atomic E-state index is 0.0586. The molecule has 4 aromatic rings. The van der Waals surface area contributed by atoms with Crippen molar-refractivity contribution in [1.82, 2.24) is 14.0 Å². The maximum absolute atomic E-state index is 13.9. The lowest BCUT2D eigenvalue weighted by atomic mass is 10.2. The summed E-state index contributed by atoms with van der Waals surface area (Å²) >= 11 is 0. The standard InChI is InChI=1S/C21H17FN4O2/c22-15-3-4-17-19(12-15)26(21(28)18-2-1-9-24(17)18)11-7-20(27)25-10-6-14-13-23-8-5-16(14)25/h1-5,8-9,12-13H,6-7,10-11H2. The van der Waals surface area contributed by atoms with Crippen LogP contribution in [-0.2, 0) is 17.8 Å². The van der Waals surface area contributed by atoms with Gasteiger partial charge in [0.05, 0.1) is 11.0 Å². The van der Waals surface area contributed by atoms with E-state index in [0.29, 0.717) is 17.6 Å². The molecule has 3 aromatic heterocycles. The van der Waals surface area contributed by atoms with Gasteiger partial charge in [-0.3, -0.25) is 14.6 Å². The number of hydrogen-bond acceptors (Lipinski definition) is 3. The van der Waals surface area contributed by atoms with Gasteiger partial charge in [-0.2, -0.15) is 0 Å². The van der Waals surface area contributed by atoms with Crippen molar-refractivity contribution in [3.05, 3.63) is 76.7 Å². The van der Waals surface area contributed by atoms with E-state index in [4.69, 9.17) is 0 Å². The zero-order chi connectivity index (χ0) is 19.3. The number of fused-ring (bicyclic) bond motifs is 4. The number of anilines is 1. The Kier molecular flexibility index (Phi) is 3.75. The molecule has 0 atom stereocenters. The molecule has 1 amide bonds. The molecule has 5 rings (SSSR count). The van der Waals surface area contributed by atoms with Crippen molar-refractivity contribution in [2.75, 3.05) is 11.4 Å². The van der Waals surface area contributed by atoms with E-state index in [-0.39, 0.29) is 24.4 Å². The molecule has 0 radical (unpaired) electrons. The second-order valence-corrected chi connectivity index (χ2v) is 6.90. The highest BCUT2D eigenvalue weighted by Gasteiger charge is 2.24. The summed E-state index contributed by atoms with van der Waals surface area (Å²) in [6.07, 6.45) is 6.17. The van der Waals surface area contributed by atoms with E-state index in [1.165, 1.54) is 16.7 Å². The minimum Gasteiger partial charge on any atom is -0.312 e. The highest BCUT2D eigenvalue weighted by molar-refractivity contribution is 5.95. The van der Waals surface area contributed by atoms with Crippen LogP contribution in [0, 0.1) is 5.82 Å². The summed E-state index contributed by atoms with van der Waals surface area (Å²) in [4.78, 5) is 31.6. The predicted octanol–water partition coefficient (Wildman–Crippen LogP) is 2.77. The first-order valence-electron chi connectivity index (χ1n) is 9.16. The molecule has 0 N–H and O–H groups in total. The van der Waals surface area contributed by atoms with Crippen LogP contribution in [0.25, 0.3) is 16.6 Å². The van der Waals surface area contributed by atoms with E-state index in [1.807, 2.05) is 6.07 Å². The Bertz CT molecular complexity index is 1290. The topological polar surface area (TPSA) is 59.6 Å². The summed E-state index contributed by atoms with van der Waals surface area (Å²) in [6, 6.07) is 9.72. The van der Waals surface area contributed by atoms with Crippen molar-refractivity contribution < 1.29 is 9.18 Å². The fourth-order valence-electron chi connectivity index (χ4n) is 3.98. The molecule has 140 valence electrons. The summed E-state index contributed by atoms with van der Waals surface area (Å²) in [5.74, 6) is -0.476. The average molecular weight is 376 g/mol. The molecule has 0 spiro atoms. The zero-order valence-corrected chi connectivity index (χ0v) is 15.0. The summed E-state index contributed by atoms with van der Waals surface area (Å²) in [7, 11) is 0. The number of rotatable bonds is 3. The van der Waals surface area contributed by atoms with Crippen LogP contribution in [0.5, 0.6) is 0 Å². The molecule has 0 saturated carbocycles. The third-order valence-corrected chi connectivity index (χ3v) is 5.32. The number of amides is 1. The first-order chi connectivity index (χ1) is 13.6. The Morgan fingerprint density at radius 1 is 1.14 bits per heavy atom. The smallest absolute Gasteiger partial charge is 0.275 e. The SMILES string of the molecule is O=C(CCn1c(=O)c2cccn2c2ccc(F)cc21)N1CCc2cnccc21. The van der Waals surface area contributed by atoms with Crippen molar-refractivity contribution in [2.45, 2.75) is 19.4 Å². The van der Waals surface area contributed by atoms with Gasteiger partial charge in [-0.25, -0.2) is 4.39 Å². The van der Waals surface area contributed by atoms with Crippen LogP contribution in [0.4, 0.5) is 10.1 Å². The van der Waals surface area contributed by atoms with Crippen molar-refractivity contribution in [1.29, 1.82) is 0 Å². The van der Waals surface area contributed by atoms with Crippen LogP contribution in [0.3, 0.4) is 0 Å². The number of halogens is 1. The summed E-state index contributed by atoms with van der Waals surface area (Å²) in [5, 5.41) is 0. The van der Waals surface area contributed by atoms with Crippen molar-refractivity contribution in [2.24, 2.45) is 0 Å². The van der Waals surface area contributed by atoms with Gasteiger partial charge in [0.15, 0.2) is 0 Å². The monoisotopic (exact) mass is 376 g/mol. The van der Waals surface area contributed by atoms with Crippen LogP contribution >= 0.6 is 0 Å². The second kappa shape index (κ2) is 6.30. The maximum atomic E-state index is 13.9. The Morgan fingerprint density at radius 2 is 2.04 bits per heavy atom. The number of pyridine rings is 1. The Labute approximate surface area is 159 Å². The van der Waals surface area contributed by atoms with Gasteiger partial charge in [0.25, 0.3) is 5.56 Å². The summed E-state index contributed by atoms with van der Waals surface area (Å²) in [6.45, 7) is 0.804. The average Bonchev–Trinajstić information content (AvgIpc) is 3.35. The molecule has 1 aromatic carbocycles. The molecule has 0 saturated heterocycles. The molecule has 28 heavy (non-hydrogen) atoms. The van der Waals surface area contributed by atoms with Gasteiger partial charge >= 0.3 is 0 Å². The van der Waals surface area contributed by atoms with Gasteiger partial charge < -0.3 is 13.9 Å². The lowest BCUT2D eigenvalue weighted by Gasteiger charge is -2.18. The van der Waals surface area contributed by atoms with Gasteiger partial charge in [-0.15, -0.1) is 0 Å². The fraction of sp³-hybridized carbons (Fsp3) is 0.190. The van der Waals surface area contributed by atoms with E-state index in [1.54, 1.807) is 46.1 Å². The number of benzene rings is 1. The lowest BCUT2D eigenvalue weighted by molar-refractivity contribution is -0.118. The number of aromatic nitrogens is 3. The molecule has 7 heteroatoms. The number of hydrogen-bond donors (Lipinski definition) is 0. The number of nitrogens with zero attached hydrogens (tertiary/aromatic N) is 4. The second-order valence-electron chi connectivity index (χ2n) is 6.90. The Balaban J connectivity index is 1.51. The van der Waals surface area contributed by atoms with Crippen LogP contribution in [-0.4, -0.2) is 26.4 Å². The molecule has 0 aliphatic carbocycles. The van der Waals surface area contributed by atoms with Gasteiger partial charge in [-0.05, 0) is 48.4 Å². The minimum atomic E-state index is -0.417. The van der Waals surface area contributed by atoms with Crippen molar-refractivity contribution in [3.8, 4) is 0 Å². The molecule has 0 bridgehead atoms. The van der Waals surface area contributed by atoms with Gasteiger partial charge in [-0.1, -0.05) is 0 Å². The molecule has 1 aliphatic rings. The molecule has 1 aliphatic heterocycles. The number of aryl methyl sites for hydroxylation is 1. The van der Waals surface area contributed by atoms with Crippen LogP contribution in [0.2, 0.25) is 0 Å². The first-order valence-corrected chi connectivity index (χ1v) is 9.16. The first kappa shape index (κ1) is 16.7. The summed E-state index contributed by atoms with van der Waals surface area (Å²) in [5.41, 5.74) is 3.41. The van der Waals surface area contributed by atoms with E-state index in [0.717, 1.165) is 23.2 Å². The third-order valence-electron chi connectivity index (χ3n) is 5.32. The Hall–Kier alpha value is -3.48. The summed E-state index contributed by atoms with van der Waals surface area (Å²) < 4.78 is 17.1. The van der Waals surface area contributed by atoms with Gasteiger partial charge in [0.2, 0.25) is 5.91 Å². The van der Waals surface area contributed by atoms with Crippen LogP contribution in [0.15, 0.2) is 59.8 Å². The van der Waals surface area contributed by atoms with E-state index < -0.39 is 5.82 Å². The quantitative estimate of drug-likeness (QED) is 0.552. The van der Waals surface area contributed by atoms with Gasteiger partial charge in [0.1, 0.15) is 11.3 Å². The maximum Gasteiger partial charge on any atom is 0.275 e. The Morgan fingerprint density at radius 3 is 2.93 bits per heavy atom. The van der Waals surface area contributed by atoms with Crippen LogP contribution in [0.1, 0.15) is 12.0 Å². The highest BCUT2D eigenvalue weighted by atomic mass is 19.1. The lowest BCUT2D eigenvalue weighted by Crippen LogP contribution is -2.31. The number of carbonyl (C=O) groups excluding carboxylic acids is 1. The molecule has 4 heterocycles. The zero-order valence-electron chi connectivity index (χ0n) is 15.0. The predicted molar refractivity (Wildman–Crippen MR) is 104 cm³/mol. The van der Waals surface area contributed by atoms with Crippen molar-refractivity contribution in [3.63, 3.8) is 0 Å². The largest absolute Gasteiger partial charge is 0.312 e. The van der Waals surface area contributed by atoms with Crippen LogP contribution < -0.4 is 10.5 Å². The van der Waals surface area contributed by atoms with Crippen molar-refractivity contribution >= 4 is 28.1 Å². The highest BCUT2D eigenvalue weighted by Crippen LogP contribution is 2.27. The molecular formula is C21H17FN4O2.